The van der Waals surface area contributed by atoms with Crippen LogP contribution in [0.5, 0.6) is 0 Å². The molecule has 4 nitrogen and oxygen atoms in total. The Morgan fingerprint density at radius 1 is 0.897 bits per heavy atom. The highest BCUT2D eigenvalue weighted by Gasteiger charge is 2.40. The van der Waals surface area contributed by atoms with E-state index in [4.69, 9.17) is 4.84 Å². The molecule has 1 aliphatic heterocycles. The summed E-state index contributed by atoms with van der Waals surface area (Å²) in [6.45, 7) is 1.74. The molecule has 0 saturated carbocycles. The molecule has 39 heavy (non-hydrogen) atoms. The van der Waals surface area contributed by atoms with Crippen LogP contribution in [0.25, 0.3) is 11.1 Å². The van der Waals surface area contributed by atoms with E-state index in [2.05, 4.69) is 10.1 Å². The van der Waals surface area contributed by atoms with E-state index in [0.29, 0.717) is 28.1 Å². The van der Waals surface area contributed by atoms with Crippen LogP contribution in [0.2, 0.25) is 0 Å². The molecular weight excluding hydrogens is 547 g/mol. The van der Waals surface area contributed by atoms with Crippen LogP contribution in [0.4, 0.5) is 30.7 Å². The summed E-state index contributed by atoms with van der Waals surface area (Å²) in [5.74, 6) is -0.290. The minimum atomic E-state index is -5.03. The second-order valence-electron chi connectivity index (χ2n) is 8.76. The molecule has 0 saturated heterocycles. The number of rotatable bonds is 5. The van der Waals surface area contributed by atoms with Gasteiger partial charge in [0.15, 0.2) is 5.84 Å². The maximum absolute atomic E-state index is 14.7. The van der Waals surface area contributed by atoms with E-state index in [9.17, 15) is 30.7 Å². The Labute approximate surface area is 222 Å². The molecule has 1 unspecified atom stereocenters. The molecule has 1 atom stereocenters. The van der Waals surface area contributed by atoms with Crippen molar-refractivity contribution < 1.29 is 35.6 Å². The topological polar surface area (TPSA) is 37.7 Å². The fraction of sp³-hybridized carbons (Fsp3) is 0.185. The molecule has 2 aromatic carbocycles. The lowest BCUT2D eigenvalue weighted by Crippen LogP contribution is -2.31. The van der Waals surface area contributed by atoms with Gasteiger partial charge >= 0.3 is 12.4 Å². The molecule has 1 aliphatic rings. The lowest BCUT2D eigenvalue weighted by atomic mass is 9.99. The van der Waals surface area contributed by atoms with Crippen molar-refractivity contribution in [2.24, 2.45) is 5.16 Å². The van der Waals surface area contributed by atoms with Crippen molar-refractivity contribution in [2.45, 2.75) is 32.0 Å². The Hall–Kier alpha value is -3.93. The van der Waals surface area contributed by atoms with Gasteiger partial charge in [-0.15, -0.1) is 11.3 Å². The molecule has 4 aromatic rings. The van der Waals surface area contributed by atoms with Crippen molar-refractivity contribution in [3.63, 3.8) is 0 Å². The van der Waals surface area contributed by atoms with Crippen LogP contribution in [0.3, 0.4) is 0 Å². The lowest BCUT2D eigenvalue weighted by Gasteiger charge is -2.27. The molecular formula is C27H18F7N3OS. The average Bonchev–Trinajstić information content (AvgIpc) is 3.49. The van der Waals surface area contributed by atoms with Gasteiger partial charge in [0.1, 0.15) is 5.82 Å². The Kier molecular flexibility index (Phi) is 6.83. The number of aromatic nitrogens is 1. The number of nitrogens with zero attached hydrogens (tertiary/aromatic N) is 3. The van der Waals surface area contributed by atoms with E-state index in [1.54, 1.807) is 30.3 Å². The summed E-state index contributed by atoms with van der Waals surface area (Å²) in [7, 11) is 0. The number of hydrogen-bond donors (Lipinski definition) is 0. The zero-order valence-electron chi connectivity index (χ0n) is 20.0. The Morgan fingerprint density at radius 3 is 2.21 bits per heavy atom. The number of halogens is 7. The third kappa shape index (κ3) is 5.47. The minimum absolute atomic E-state index is 0.0601. The molecule has 0 bridgehead atoms. The molecule has 0 spiro atoms. The highest BCUT2D eigenvalue weighted by Crippen LogP contribution is 2.41. The Morgan fingerprint density at radius 2 is 1.59 bits per heavy atom. The second-order valence-corrected chi connectivity index (χ2v) is 10.1. The zero-order valence-corrected chi connectivity index (χ0v) is 20.8. The summed E-state index contributed by atoms with van der Waals surface area (Å²) in [6.07, 6.45) is -8.57. The zero-order chi connectivity index (χ0) is 27.9. The second kappa shape index (κ2) is 9.99. The predicted octanol–water partition coefficient (Wildman–Crippen LogP) is 8.19. The standard InChI is InChI=1S/C27H18F7N3OS/c1-15-6-7-23(39-15)24-36-38-25(16-10-18(26(29,30)31)12-19(11-16)27(32,33)34)37(24)14-17-13-35-9-8-20(17)21-4-2-3-5-22(21)28/h2-13,25H,14H2,1H3. The number of alkyl halides is 6. The van der Waals surface area contributed by atoms with Crippen LogP contribution >= 0.6 is 11.3 Å². The first-order valence-electron chi connectivity index (χ1n) is 11.5. The van der Waals surface area contributed by atoms with Crippen molar-refractivity contribution >= 4 is 17.2 Å². The lowest BCUT2D eigenvalue weighted by molar-refractivity contribution is -0.143. The van der Waals surface area contributed by atoms with Crippen molar-refractivity contribution in [1.29, 1.82) is 0 Å². The van der Waals surface area contributed by atoms with Gasteiger partial charge in [-0.3, -0.25) is 4.98 Å². The third-order valence-electron chi connectivity index (χ3n) is 6.06. The molecule has 0 N–H and O–H groups in total. The van der Waals surface area contributed by atoms with Gasteiger partial charge in [-0.05, 0) is 60.5 Å². The first-order valence-corrected chi connectivity index (χ1v) is 12.3. The average molecular weight is 566 g/mol. The third-order valence-corrected chi connectivity index (χ3v) is 7.05. The van der Waals surface area contributed by atoms with Gasteiger partial charge in [-0.25, -0.2) is 4.39 Å². The molecule has 12 heteroatoms. The largest absolute Gasteiger partial charge is 0.416 e. The van der Waals surface area contributed by atoms with E-state index in [1.165, 1.54) is 40.8 Å². The van der Waals surface area contributed by atoms with Crippen LogP contribution in [-0.2, 0) is 23.7 Å². The van der Waals surface area contributed by atoms with Gasteiger partial charge in [-0.2, -0.15) is 26.3 Å². The molecule has 5 rings (SSSR count). The smallest absolute Gasteiger partial charge is 0.363 e. The number of aryl methyl sites for hydroxylation is 1. The number of oxime groups is 1. The van der Waals surface area contributed by atoms with Gasteiger partial charge < -0.3 is 9.74 Å². The van der Waals surface area contributed by atoms with Gasteiger partial charge in [-0.1, -0.05) is 23.4 Å². The van der Waals surface area contributed by atoms with Crippen molar-refractivity contribution in [2.75, 3.05) is 0 Å². The molecule has 3 heterocycles. The van der Waals surface area contributed by atoms with E-state index >= 15 is 0 Å². The van der Waals surface area contributed by atoms with Gasteiger partial charge in [0, 0.05) is 28.4 Å². The highest BCUT2D eigenvalue weighted by atomic mass is 32.1. The first-order chi connectivity index (χ1) is 18.4. The summed E-state index contributed by atoms with van der Waals surface area (Å²) in [5.41, 5.74) is -2.15. The summed E-state index contributed by atoms with van der Waals surface area (Å²) in [6, 6.07) is 12.4. The molecule has 0 radical (unpaired) electrons. The monoisotopic (exact) mass is 565 g/mol. The van der Waals surface area contributed by atoms with E-state index < -0.39 is 35.5 Å². The van der Waals surface area contributed by atoms with Crippen LogP contribution in [0.1, 0.15) is 38.2 Å². The Bertz CT molecular complexity index is 1510. The predicted molar refractivity (Wildman–Crippen MR) is 131 cm³/mol. The van der Waals surface area contributed by atoms with Crippen LogP contribution in [0, 0.1) is 12.7 Å². The van der Waals surface area contributed by atoms with Crippen molar-refractivity contribution in [3.05, 3.63) is 111 Å². The number of hydrogen-bond acceptors (Lipinski definition) is 5. The first kappa shape index (κ1) is 26.7. The Balaban J connectivity index is 1.63. The number of amidine groups is 1. The molecule has 2 aromatic heterocycles. The molecule has 0 aliphatic carbocycles. The fourth-order valence-electron chi connectivity index (χ4n) is 4.26. The number of thiophene rings is 1. The van der Waals surface area contributed by atoms with Crippen LogP contribution in [0.15, 0.2) is 78.2 Å². The van der Waals surface area contributed by atoms with E-state index in [-0.39, 0.29) is 29.6 Å². The molecule has 0 amide bonds. The summed E-state index contributed by atoms with van der Waals surface area (Å²) < 4.78 is 96.3. The van der Waals surface area contributed by atoms with Crippen LogP contribution in [-0.4, -0.2) is 15.7 Å². The van der Waals surface area contributed by atoms with E-state index in [0.717, 1.165) is 4.88 Å². The fourth-order valence-corrected chi connectivity index (χ4v) is 5.13. The van der Waals surface area contributed by atoms with Crippen molar-refractivity contribution in [1.82, 2.24) is 9.88 Å². The SMILES string of the molecule is Cc1ccc(C2=NOC(c3cc(C(F)(F)F)cc(C(F)(F)F)c3)N2Cc2cnccc2-c2ccccc2F)s1. The normalized spacial score (nSPS) is 15.8. The quantitative estimate of drug-likeness (QED) is 0.229. The summed E-state index contributed by atoms with van der Waals surface area (Å²) in [4.78, 5) is 12.6. The van der Waals surface area contributed by atoms with Gasteiger partial charge in [0.25, 0.3) is 0 Å². The van der Waals surface area contributed by atoms with Gasteiger partial charge in [0.2, 0.25) is 6.23 Å². The van der Waals surface area contributed by atoms with Crippen molar-refractivity contribution in [3.8, 4) is 11.1 Å². The minimum Gasteiger partial charge on any atom is -0.363 e. The summed E-state index contributed by atoms with van der Waals surface area (Å²) in [5, 5.41) is 4.05. The summed E-state index contributed by atoms with van der Waals surface area (Å²) >= 11 is 1.33. The maximum Gasteiger partial charge on any atom is 0.416 e. The van der Waals surface area contributed by atoms with Gasteiger partial charge in [0.05, 0.1) is 22.5 Å². The van der Waals surface area contributed by atoms with Crippen LogP contribution < -0.4 is 0 Å². The highest BCUT2D eigenvalue weighted by molar-refractivity contribution is 7.14. The van der Waals surface area contributed by atoms with E-state index in [1.807, 2.05) is 6.92 Å². The molecule has 0 fully saturated rings. The maximum atomic E-state index is 14.7. The number of benzene rings is 2. The number of pyridine rings is 1. The molecule has 202 valence electrons.